The molecule has 196 valence electrons. The maximum Gasteiger partial charge on any atom is 0.423 e. The Morgan fingerprint density at radius 2 is 1.94 bits per heavy atom. The first-order valence-corrected chi connectivity index (χ1v) is 12.6. The maximum absolute atomic E-state index is 13.1. The van der Waals surface area contributed by atoms with Crippen LogP contribution in [0, 0.1) is 23.7 Å². The van der Waals surface area contributed by atoms with E-state index in [2.05, 4.69) is 11.7 Å². The van der Waals surface area contributed by atoms with Gasteiger partial charge >= 0.3 is 6.09 Å². The van der Waals surface area contributed by atoms with Crippen molar-refractivity contribution in [1.29, 1.82) is 0 Å². The molecule has 3 amide bonds. The van der Waals surface area contributed by atoms with Crippen molar-refractivity contribution in [2.75, 3.05) is 13.7 Å². The number of imide groups is 3. The molecule has 1 aliphatic heterocycles. The summed E-state index contributed by atoms with van der Waals surface area (Å²) in [6, 6.07) is 6.98. The van der Waals surface area contributed by atoms with Crippen molar-refractivity contribution in [3.05, 3.63) is 46.5 Å². The third kappa shape index (κ3) is 5.55. The average molecular weight is 500 g/mol. The Labute approximate surface area is 212 Å². The molecule has 1 saturated heterocycles. The van der Waals surface area contributed by atoms with E-state index in [1.54, 1.807) is 18.2 Å². The smallest absolute Gasteiger partial charge is 0.423 e. The van der Waals surface area contributed by atoms with Gasteiger partial charge in [-0.15, -0.1) is 0 Å². The van der Waals surface area contributed by atoms with Crippen LogP contribution in [0.5, 0.6) is 5.75 Å². The van der Waals surface area contributed by atoms with Crippen molar-refractivity contribution in [1.82, 2.24) is 4.90 Å². The van der Waals surface area contributed by atoms with Crippen LogP contribution < -0.4 is 0 Å². The molecular formula is C28H37NO7. The molecular weight excluding hydrogens is 462 g/mol. The first-order chi connectivity index (χ1) is 17.1. The lowest BCUT2D eigenvalue weighted by Crippen LogP contribution is -2.40. The van der Waals surface area contributed by atoms with Gasteiger partial charge in [0.2, 0.25) is 11.8 Å². The number of aliphatic hydroxyl groups is 2. The fraction of sp³-hybridized carbons (Fsp3) is 0.536. The van der Waals surface area contributed by atoms with Crippen LogP contribution in [0.1, 0.15) is 58.4 Å². The van der Waals surface area contributed by atoms with E-state index in [-0.39, 0.29) is 18.1 Å². The molecule has 8 nitrogen and oxygen atoms in total. The predicted octanol–water partition coefficient (Wildman–Crippen LogP) is 4.05. The van der Waals surface area contributed by atoms with Gasteiger partial charge in [-0.05, 0) is 54.9 Å². The molecule has 1 aliphatic carbocycles. The molecule has 0 aromatic heterocycles. The lowest BCUT2D eigenvalue weighted by Gasteiger charge is -2.38. The molecule has 0 spiro atoms. The van der Waals surface area contributed by atoms with Crippen LogP contribution >= 0.6 is 0 Å². The summed E-state index contributed by atoms with van der Waals surface area (Å²) in [6.07, 6.45) is 3.05. The zero-order chi connectivity index (χ0) is 26.6. The van der Waals surface area contributed by atoms with E-state index in [4.69, 9.17) is 0 Å². The SMILES string of the molecule is CCC/C(=C\c1cccc(O)c1)CC[C@@H](O)C1=C(C(C)C)C[C@H]2C(=O)N(C(=O)OC)C(=O)[C@H]2[C@H]1CO. The average Bonchev–Trinajstić information content (AvgIpc) is 3.10. The van der Waals surface area contributed by atoms with E-state index >= 15 is 0 Å². The van der Waals surface area contributed by atoms with E-state index in [0.717, 1.165) is 36.7 Å². The Morgan fingerprint density at radius 3 is 2.53 bits per heavy atom. The van der Waals surface area contributed by atoms with Crippen LogP contribution in [-0.4, -0.2) is 57.9 Å². The van der Waals surface area contributed by atoms with Crippen molar-refractivity contribution in [2.24, 2.45) is 23.7 Å². The number of benzene rings is 1. The van der Waals surface area contributed by atoms with Crippen molar-refractivity contribution in [3.8, 4) is 5.75 Å². The first kappa shape index (κ1) is 27.6. The Bertz CT molecular complexity index is 1060. The Balaban J connectivity index is 1.90. The Kier molecular flexibility index (Phi) is 9.08. The molecule has 0 radical (unpaired) electrons. The van der Waals surface area contributed by atoms with Gasteiger partial charge in [0, 0.05) is 5.92 Å². The summed E-state index contributed by atoms with van der Waals surface area (Å²) in [5, 5.41) is 31.5. The molecule has 4 atom stereocenters. The summed E-state index contributed by atoms with van der Waals surface area (Å²) >= 11 is 0. The highest BCUT2D eigenvalue weighted by atomic mass is 16.5. The third-order valence-electron chi connectivity index (χ3n) is 7.28. The largest absolute Gasteiger partial charge is 0.508 e. The van der Waals surface area contributed by atoms with E-state index < -0.39 is 48.4 Å². The van der Waals surface area contributed by atoms with E-state index in [1.165, 1.54) is 0 Å². The standard InChI is InChI=1S/C28H37NO7/c1-5-7-17(12-18-8-6-9-19(31)13-18)10-11-23(32)24-20(16(2)3)14-21-25(22(24)15-30)27(34)29(26(21)33)28(35)36-4/h6,8-9,12-13,16,21-23,25,30-32H,5,7,10-11,14-15H2,1-4H3/b17-12+/t21-,22+,23-,25-/m1/s1. The van der Waals surface area contributed by atoms with Crippen molar-refractivity contribution in [2.45, 2.75) is 59.0 Å². The van der Waals surface area contributed by atoms with Gasteiger partial charge in [-0.3, -0.25) is 9.59 Å². The zero-order valence-electron chi connectivity index (χ0n) is 21.4. The molecule has 3 N–H and O–H groups in total. The number of likely N-dealkylation sites (tertiary alicyclic amines) is 1. The molecule has 0 bridgehead atoms. The van der Waals surface area contributed by atoms with Crippen LogP contribution in [0.3, 0.4) is 0 Å². The number of phenolic OH excluding ortho intramolecular Hbond substituents is 1. The fourth-order valence-corrected chi connectivity index (χ4v) is 5.63. The molecule has 1 aromatic rings. The van der Waals surface area contributed by atoms with Gasteiger partial charge in [-0.1, -0.05) is 56.5 Å². The van der Waals surface area contributed by atoms with Gasteiger partial charge in [0.15, 0.2) is 0 Å². The van der Waals surface area contributed by atoms with Crippen LogP contribution in [-0.2, 0) is 14.3 Å². The molecule has 0 unspecified atom stereocenters. The van der Waals surface area contributed by atoms with Gasteiger partial charge in [0.05, 0.1) is 31.7 Å². The summed E-state index contributed by atoms with van der Waals surface area (Å²) in [5.41, 5.74) is 3.45. The topological polar surface area (TPSA) is 124 Å². The second-order valence-corrected chi connectivity index (χ2v) is 9.94. The number of ether oxygens (including phenoxy) is 1. The van der Waals surface area contributed by atoms with Crippen LogP contribution in [0.2, 0.25) is 0 Å². The minimum atomic E-state index is -1.02. The number of hydrogen-bond donors (Lipinski definition) is 3. The molecule has 1 fully saturated rings. The lowest BCUT2D eigenvalue weighted by molar-refractivity contribution is -0.137. The van der Waals surface area contributed by atoms with Gasteiger partial charge in [0.1, 0.15) is 5.75 Å². The number of aromatic hydroxyl groups is 1. The number of rotatable bonds is 9. The van der Waals surface area contributed by atoms with Crippen LogP contribution in [0.15, 0.2) is 41.0 Å². The number of carbonyl (C=O) groups is 3. The molecule has 3 rings (SSSR count). The van der Waals surface area contributed by atoms with Gasteiger partial charge in [-0.25, -0.2) is 4.79 Å². The van der Waals surface area contributed by atoms with Crippen LogP contribution in [0.4, 0.5) is 4.79 Å². The van der Waals surface area contributed by atoms with Gasteiger partial charge in [0.25, 0.3) is 0 Å². The van der Waals surface area contributed by atoms with Gasteiger partial charge < -0.3 is 20.1 Å². The third-order valence-corrected chi connectivity index (χ3v) is 7.28. The first-order valence-electron chi connectivity index (χ1n) is 12.6. The normalized spacial score (nSPS) is 23.4. The fourth-order valence-electron chi connectivity index (χ4n) is 5.63. The molecule has 2 aliphatic rings. The van der Waals surface area contributed by atoms with Gasteiger partial charge in [-0.2, -0.15) is 4.90 Å². The van der Waals surface area contributed by atoms with Crippen molar-refractivity contribution >= 4 is 24.0 Å². The quantitative estimate of drug-likeness (QED) is 0.346. The second-order valence-electron chi connectivity index (χ2n) is 9.94. The Morgan fingerprint density at radius 1 is 1.22 bits per heavy atom. The molecule has 36 heavy (non-hydrogen) atoms. The molecule has 1 heterocycles. The number of amides is 3. The highest BCUT2D eigenvalue weighted by molar-refractivity contribution is 6.16. The van der Waals surface area contributed by atoms with E-state index in [0.29, 0.717) is 23.3 Å². The van der Waals surface area contributed by atoms with Crippen molar-refractivity contribution in [3.63, 3.8) is 0 Å². The lowest BCUT2D eigenvalue weighted by atomic mass is 9.66. The molecule has 1 aromatic carbocycles. The molecule has 0 saturated carbocycles. The number of allylic oxidation sites excluding steroid dienone is 2. The Hall–Kier alpha value is -2.97. The monoisotopic (exact) mass is 499 g/mol. The number of nitrogens with zero attached hydrogens (tertiary/aromatic N) is 1. The number of fused-ring (bicyclic) bond motifs is 1. The highest BCUT2D eigenvalue weighted by Crippen LogP contribution is 2.48. The number of phenols is 1. The summed E-state index contributed by atoms with van der Waals surface area (Å²) in [6.45, 7) is 5.57. The van der Waals surface area contributed by atoms with Crippen molar-refractivity contribution < 1.29 is 34.4 Å². The number of methoxy groups -OCH3 is 1. The number of aliphatic hydroxyl groups excluding tert-OH is 2. The minimum Gasteiger partial charge on any atom is -0.508 e. The zero-order valence-corrected chi connectivity index (χ0v) is 21.4. The highest BCUT2D eigenvalue weighted by Gasteiger charge is 2.57. The summed E-state index contributed by atoms with van der Waals surface area (Å²) < 4.78 is 4.64. The molecule has 8 heteroatoms. The summed E-state index contributed by atoms with van der Waals surface area (Å²) in [7, 11) is 1.11. The number of hydrogen-bond acceptors (Lipinski definition) is 7. The van der Waals surface area contributed by atoms with E-state index in [1.807, 2.05) is 26.0 Å². The second kappa shape index (κ2) is 11.8. The number of carbonyl (C=O) groups excluding carboxylic acids is 3. The maximum atomic E-state index is 13.1. The predicted molar refractivity (Wildman–Crippen MR) is 135 cm³/mol. The summed E-state index contributed by atoms with van der Waals surface area (Å²) in [4.78, 5) is 38.7. The summed E-state index contributed by atoms with van der Waals surface area (Å²) in [5.74, 6) is -3.55. The van der Waals surface area contributed by atoms with E-state index in [9.17, 15) is 29.7 Å². The van der Waals surface area contributed by atoms with Crippen LogP contribution in [0.25, 0.3) is 6.08 Å². The minimum absolute atomic E-state index is 0.0160.